The molecule has 0 saturated heterocycles. The van der Waals surface area contributed by atoms with E-state index in [9.17, 15) is 0 Å². The Bertz CT molecular complexity index is 7800. The predicted octanol–water partition coefficient (Wildman–Crippen LogP) is 26.3. The van der Waals surface area contributed by atoms with Crippen LogP contribution in [0.2, 0.25) is 0 Å². The highest BCUT2D eigenvalue weighted by atomic mass is 79.9. The number of fused-ring (bicyclic) bond motifs is 5. The smallest absolute Gasteiger partial charge is 0.222 e. The molecule has 4 aliphatic rings. The Labute approximate surface area is 881 Å². The van der Waals surface area contributed by atoms with E-state index in [0.717, 1.165) is 208 Å². The summed E-state index contributed by atoms with van der Waals surface area (Å²) in [6.07, 6.45) is 19.8. The maximum atomic E-state index is 6.10. The van der Waals surface area contributed by atoms with E-state index in [1.165, 1.54) is 134 Å². The summed E-state index contributed by atoms with van der Waals surface area (Å²) in [5, 5.41) is 18.3. The van der Waals surface area contributed by atoms with E-state index in [2.05, 4.69) is 350 Å². The number of methoxy groups -OCH3 is 2. The van der Waals surface area contributed by atoms with Gasteiger partial charge in [0.2, 0.25) is 29.7 Å². The van der Waals surface area contributed by atoms with Crippen LogP contribution in [0.25, 0.3) is 89.5 Å². The number of nitrogens with one attached hydrogen (secondary N) is 6. The van der Waals surface area contributed by atoms with E-state index in [-0.39, 0.29) is 23.8 Å². The first kappa shape index (κ1) is 104. The Morgan fingerprint density at radius 3 is 1.06 bits per heavy atom. The molecule has 24 nitrogen and oxygen atoms in total. The number of anilines is 10. The highest BCUT2D eigenvalue weighted by Gasteiger charge is 2.24. The molecule has 11 aromatic carbocycles. The standard InChI is InChI=1S/C29H29N5O.2C24H26N4O.C24H26N4.C23H23BrN4/c1-19-8-6-11-23(20(19)2)25-16-27(34-29(30)33-25)31-15-14-22-17-32-28-24(22)12-7-13-26(28)35-18-21-9-4-3-5-10-21;1-15-5-4-6-20(16(15)2)22-14-23(28-24(25)27-22)26-12-11-17-7-8-18-13-19(29-3)9-10-21(17)18;1-15-5-4-6-20(16(15)2)22-14-23(28-24(25)27-22)26-12-11-18-8-7-17-9-10-19(29-3)13-21(17)18;1-15-6-4-8-20(17(15)3)22-14-23(28-24(25)27-22)26-13-12-18-10-11-19-16(2)7-5-9-21(18)19;1-14-4-3-5-19(15(14)2)21-13-22(28-23(25)27-21)26-11-10-17-7-6-16-8-9-18(24)12-20(16)17/h3-13,16-17,32H,14-15,18H2,1-2H3,(H3,30,31,33,34);4-7,9-10,13-14H,8,11-12H2,1-3H3,(H3,25,26,27,28);4-6,8-10,13-14H,7,11-12H2,1-3H3,(H3,25,26,27,28);4-10,14H,11-13H2,1-3H3,(H3,25,26,27,28);3-5,7-9,12-13H,6,10-11H2,1-2H3,(H3,25,26,27,28). The molecule has 149 heavy (non-hydrogen) atoms. The van der Waals surface area contributed by atoms with Crippen molar-refractivity contribution in [1.29, 1.82) is 0 Å². The maximum Gasteiger partial charge on any atom is 0.222 e. The van der Waals surface area contributed by atoms with Gasteiger partial charge in [-0.15, -0.1) is 0 Å². The van der Waals surface area contributed by atoms with Gasteiger partial charge in [0, 0.05) is 107 Å². The van der Waals surface area contributed by atoms with Crippen LogP contribution in [0.5, 0.6) is 17.2 Å². The molecule has 4 aliphatic carbocycles. The number of allylic oxidation sites excluding steroid dienone is 4. The molecule has 0 unspecified atom stereocenters. The summed E-state index contributed by atoms with van der Waals surface area (Å²) in [7, 11) is 3.41. The van der Waals surface area contributed by atoms with E-state index in [1.54, 1.807) is 14.2 Å². The Morgan fingerprint density at radius 1 is 0.302 bits per heavy atom. The molecular weight excluding hydrogens is 1910 g/mol. The van der Waals surface area contributed by atoms with Gasteiger partial charge in [0.15, 0.2) is 0 Å². The number of hydrogen-bond donors (Lipinski definition) is 11. The minimum absolute atomic E-state index is 0.262. The number of H-pyrrole nitrogens is 1. The van der Waals surface area contributed by atoms with Crippen molar-refractivity contribution in [1.82, 2.24) is 54.8 Å². The third-order valence-corrected chi connectivity index (χ3v) is 28.9. The van der Waals surface area contributed by atoms with Gasteiger partial charge in [-0.05, 0) is 316 Å². The molecule has 0 amide bonds. The van der Waals surface area contributed by atoms with Crippen molar-refractivity contribution in [2.24, 2.45) is 0 Å². The van der Waals surface area contributed by atoms with Gasteiger partial charge in [-0.2, -0.15) is 24.9 Å². The lowest BCUT2D eigenvalue weighted by Gasteiger charge is -2.12. The third kappa shape index (κ3) is 25.7. The Kier molecular flexibility index (Phi) is 33.4. The second-order valence-electron chi connectivity index (χ2n) is 38.1. The molecule has 16 N–H and O–H groups in total. The zero-order valence-electron chi connectivity index (χ0n) is 87.0. The topological polar surface area (TPSA) is 363 Å². The quantitative estimate of drug-likeness (QED) is 0.0199. The van der Waals surface area contributed by atoms with Gasteiger partial charge >= 0.3 is 0 Å². The molecule has 25 heteroatoms. The van der Waals surface area contributed by atoms with Gasteiger partial charge in [0.25, 0.3) is 0 Å². The van der Waals surface area contributed by atoms with Crippen molar-refractivity contribution < 1.29 is 14.2 Å². The summed E-state index contributed by atoms with van der Waals surface area (Å²) in [6, 6.07) is 83.0. The first-order valence-electron chi connectivity index (χ1n) is 50.7. The molecule has 0 spiro atoms. The monoisotopic (exact) mass is 2040 g/mol. The Morgan fingerprint density at radius 2 is 0.644 bits per heavy atom. The van der Waals surface area contributed by atoms with Crippen LogP contribution in [0.4, 0.5) is 58.8 Å². The zero-order valence-corrected chi connectivity index (χ0v) is 88.6. The van der Waals surface area contributed by atoms with Crippen molar-refractivity contribution in [2.75, 3.05) is 102 Å². The number of nitrogen functional groups attached to an aromatic ring is 5. The van der Waals surface area contributed by atoms with Gasteiger partial charge in [-0.25, -0.2) is 24.9 Å². The van der Waals surface area contributed by atoms with E-state index in [1.807, 2.05) is 97.1 Å². The van der Waals surface area contributed by atoms with Gasteiger partial charge < -0.3 is 74.4 Å². The lowest BCUT2D eigenvalue weighted by molar-refractivity contribution is 0.309. The molecule has 0 aliphatic heterocycles. The third-order valence-electron chi connectivity index (χ3n) is 28.4. The number of aromatic nitrogens is 11. The first-order chi connectivity index (χ1) is 72.2. The molecule has 0 atom stereocenters. The molecule has 0 radical (unpaired) electrons. The number of nitrogens with two attached hydrogens (primary N) is 5. The van der Waals surface area contributed by atoms with E-state index >= 15 is 0 Å². The van der Waals surface area contributed by atoms with E-state index in [0.29, 0.717) is 19.1 Å². The van der Waals surface area contributed by atoms with E-state index < -0.39 is 0 Å². The summed E-state index contributed by atoms with van der Waals surface area (Å²) in [5.74, 6) is 7.81. The van der Waals surface area contributed by atoms with Crippen LogP contribution in [0.3, 0.4) is 0 Å². The number of nitrogens with zero attached hydrogens (tertiary/aromatic N) is 10. The van der Waals surface area contributed by atoms with Gasteiger partial charge in [0.05, 0.1) is 48.2 Å². The van der Waals surface area contributed by atoms with Gasteiger partial charge in [-0.1, -0.05) is 210 Å². The zero-order chi connectivity index (χ0) is 104. The van der Waals surface area contributed by atoms with Gasteiger partial charge in [0.1, 0.15) is 52.9 Å². The highest BCUT2D eigenvalue weighted by molar-refractivity contribution is 9.10. The average Bonchev–Trinajstić information content (AvgIpc) is 1.44. The molecule has 756 valence electrons. The molecular formula is C124H130BrN21O3. The second-order valence-corrected chi connectivity index (χ2v) is 39.0. The van der Waals surface area contributed by atoms with Crippen molar-refractivity contribution in [3.05, 3.63) is 394 Å². The molecule has 6 heterocycles. The molecule has 0 fully saturated rings. The van der Waals surface area contributed by atoms with Crippen LogP contribution in [0, 0.1) is 76.2 Å². The van der Waals surface area contributed by atoms with E-state index in [4.69, 9.17) is 42.9 Å². The minimum atomic E-state index is 0.262. The van der Waals surface area contributed by atoms with Crippen LogP contribution in [0.15, 0.2) is 278 Å². The normalized spacial score (nSPS) is 12.2. The lowest BCUT2D eigenvalue weighted by Crippen LogP contribution is -2.08. The molecule has 17 aromatic rings. The number of halogens is 1. The van der Waals surface area contributed by atoms with Crippen LogP contribution >= 0.6 is 15.9 Å². The van der Waals surface area contributed by atoms with Crippen molar-refractivity contribution >= 4 is 108 Å². The number of ether oxygens (including phenoxy) is 3. The summed E-state index contributed by atoms with van der Waals surface area (Å²) < 4.78 is 17.9. The highest BCUT2D eigenvalue weighted by Crippen LogP contribution is 2.41. The summed E-state index contributed by atoms with van der Waals surface area (Å²) in [6.45, 7) is 27.6. The molecule has 21 rings (SSSR count). The maximum absolute atomic E-state index is 6.10. The number of para-hydroxylation sites is 1. The number of benzene rings is 11. The van der Waals surface area contributed by atoms with Crippen LogP contribution in [0.1, 0.15) is 143 Å². The van der Waals surface area contributed by atoms with Crippen molar-refractivity contribution in [2.45, 2.75) is 141 Å². The predicted molar refractivity (Wildman–Crippen MR) is 618 cm³/mol. The fraction of sp³-hybridized carbons (Fsp3) is 0.226. The van der Waals surface area contributed by atoms with Crippen molar-refractivity contribution in [3.63, 3.8) is 0 Å². The van der Waals surface area contributed by atoms with Crippen LogP contribution in [-0.2, 0) is 38.7 Å². The number of rotatable bonds is 30. The fourth-order valence-electron chi connectivity index (χ4n) is 19.4. The lowest BCUT2D eigenvalue weighted by atomic mass is 10.00. The van der Waals surface area contributed by atoms with Crippen LogP contribution in [-0.4, -0.2) is 102 Å². The molecule has 0 bridgehead atoms. The molecule has 0 saturated carbocycles. The number of aryl methyl sites for hydroxylation is 6. The number of aromatic amines is 1. The van der Waals surface area contributed by atoms with Crippen LogP contribution < -0.4 is 69.5 Å². The largest absolute Gasteiger partial charge is 0.497 e. The van der Waals surface area contributed by atoms with Gasteiger partial charge in [-0.3, -0.25) is 0 Å². The average molecular weight is 2040 g/mol. The Balaban J connectivity index is 0.000000127. The summed E-state index contributed by atoms with van der Waals surface area (Å²) in [5.41, 5.74) is 72.9. The fourth-order valence-corrected chi connectivity index (χ4v) is 19.8. The second kappa shape index (κ2) is 48.0. The summed E-state index contributed by atoms with van der Waals surface area (Å²) >= 11 is 3.57. The number of hydrogen-bond acceptors (Lipinski definition) is 23. The SMILES string of the molecule is COc1ccc2c(c1)C(CCNc1cc(-c3cccc(C)c3C)nc(N)n1)=CC2.COc1ccc2c(c1)CC=C2CCNc1cc(-c2cccc(C)c2C)nc(N)n1.Cc1cccc(-c2cc(NCCC3=CCc4c(C)cccc43)nc(N)n2)c1C.Cc1cccc(-c2cc(NCCC3=CCc4ccc(Br)cc43)nc(N)n2)c1C.Cc1cccc(-c2cc(NCCc3c[nH]c4c(OCc5ccccc5)cccc34)nc(N)n2)c1C. The molecule has 6 aromatic heterocycles. The van der Waals surface area contributed by atoms with Crippen molar-refractivity contribution in [3.8, 4) is 73.5 Å². The summed E-state index contributed by atoms with van der Waals surface area (Å²) in [4.78, 5) is 47.5. The minimum Gasteiger partial charge on any atom is -0.497 e. The Hall–Kier alpha value is -16.8. The first-order valence-corrected chi connectivity index (χ1v) is 51.5.